The standard InChI is InChI=1S/C15H26O3/c1-8-9-5-10-12(17)6-14(9,4)15(18,7-11(8)16)13(10,2)3/h8-12,16-18H,5-7H2,1-4H3/t8-,9?,10+,11-,12+,14-,15-/m1/s1. The molecule has 0 aromatic heterocycles. The lowest BCUT2D eigenvalue weighted by Gasteiger charge is -2.73. The van der Waals surface area contributed by atoms with Gasteiger partial charge in [0, 0.05) is 11.8 Å². The van der Waals surface area contributed by atoms with Crippen molar-refractivity contribution in [1.82, 2.24) is 0 Å². The van der Waals surface area contributed by atoms with Crippen LogP contribution in [0.1, 0.15) is 47.0 Å². The number of hydrogen-bond acceptors (Lipinski definition) is 3. The first-order chi connectivity index (χ1) is 8.15. The molecule has 4 bridgehead atoms. The van der Waals surface area contributed by atoms with Crippen LogP contribution in [0.2, 0.25) is 0 Å². The van der Waals surface area contributed by atoms with Crippen molar-refractivity contribution in [2.45, 2.75) is 64.8 Å². The second kappa shape index (κ2) is 3.31. The van der Waals surface area contributed by atoms with Gasteiger partial charge in [-0.3, -0.25) is 0 Å². The molecular weight excluding hydrogens is 228 g/mol. The number of aliphatic hydroxyl groups excluding tert-OH is 2. The van der Waals surface area contributed by atoms with E-state index in [1.807, 2.05) is 0 Å². The number of aliphatic hydroxyl groups is 3. The molecule has 4 fully saturated rings. The van der Waals surface area contributed by atoms with Crippen LogP contribution in [0.3, 0.4) is 0 Å². The summed E-state index contributed by atoms with van der Waals surface area (Å²) in [6.07, 6.45) is 1.36. The van der Waals surface area contributed by atoms with Crippen molar-refractivity contribution in [2.24, 2.45) is 28.6 Å². The van der Waals surface area contributed by atoms with Crippen LogP contribution in [0, 0.1) is 28.6 Å². The summed E-state index contributed by atoms with van der Waals surface area (Å²) in [7, 11) is 0. The van der Waals surface area contributed by atoms with Crippen LogP contribution in [0.15, 0.2) is 0 Å². The molecule has 1 unspecified atom stereocenters. The molecule has 0 heterocycles. The van der Waals surface area contributed by atoms with Gasteiger partial charge in [0.15, 0.2) is 0 Å². The van der Waals surface area contributed by atoms with Crippen molar-refractivity contribution >= 4 is 0 Å². The Labute approximate surface area is 109 Å². The minimum atomic E-state index is -0.848. The third kappa shape index (κ3) is 1.13. The maximum atomic E-state index is 11.3. The molecule has 4 aliphatic carbocycles. The fraction of sp³-hybridized carbons (Fsp3) is 1.00. The summed E-state index contributed by atoms with van der Waals surface area (Å²) in [6.45, 7) is 8.36. The smallest absolute Gasteiger partial charge is 0.0783 e. The van der Waals surface area contributed by atoms with E-state index in [4.69, 9.17) is 0 Å². The van der Waals surface area contributed by atoms with Crippen LogP contribution < -0.4 is 0 Å². The predicted octanol–water partition coefficient (Wildman–Crippen LogP) is 1.55. The molecule has 0 aromatic rings. The molecule has 0 amide bonds. The van der Waals surface area contributed by atoms with E-state index in [0.717, 1.165) is 6.42 Å². The summed E-state index contributed by atoms with van der Waals surface area (Å²) in [6, 6.07) is 0. The van der Waals surface area contributed by atoms with E-state index in [2.05, 4.69) is 27.7 Å². The molecular formula is C15H26O3. The number of fused-ring (bicyclic) bond motifs is 1. The van der Waals surface area contributed by atoms with Crippen molar-refractivity contribution < 1.29 is 15.3 Å². The molecule has 0 saturated heterocycles. The quantitative estimate of drug-likeness (QED) is 0.614. The lowest BCUT2D eigenvalue weighted by atomic mass is 9.34. The molecule has 0 radical (unpaired) electrons. The lowest BCUT2D eigenvalue weighted by molar-refractivity contribution is -0.329. The zero-order valence-corrected chi connectivity index (χ0v) is 11.8. The summed E-state index contributed by atoms with van der Waals surface area (Å²) in [5.41, 5.74) is -1.43. The first-order valence-electron chi connectivity index (χ1n) is 7.23. The van der Waals surface area contributed by atoms with Crippen LogP contribution in [-0.2, 0) is 0 Å². The van der Waals surface area contributed by atoms with E-state index in [9.17, 15) is 15.3 Å². The highest BCUT2D eigenvalue weighted by molar-refractivity contribution is 5.22. The lowest BCUT2D eigenvalue weighted by Crippen LogP contribution is -2.76. The predicted molar refractivity (Wildman–Crippen MR) is 68.8 cm³/mol. The molecule has 3 heteroatoms. The Hall–Kier alpha value is -0.120. The van der Waals surface area contributed by atoms with E-state index < -0.39 is 11.7 Å². The van der Waals surface area contributed by atoms with Crippen LogP contribution >= 0.6 is 0 Å². The van der Waals surface area contributed by atoms with Gasteiger partial charge in [0.25, 0.3) is 0 Å². The number of rotatable bonds is 0. The topological polar surface area (TPSA) is 60.7 Å². The highest BCUT2D eigenvalue weighted by Crippen LogP contribution is 2.71. The maximum Gasteiger partial charge on any atom is 0.0783 e. The first-order valence-corrected chi connectivity index (χ1v) is 7.23. The van der Waals surface area contributed by atoms with E-state index in [-0.39, 0.29) is 28.8 Å². The molecule has 18 heavy (non-hydrogen) atoms. The first kappa shape index (κ1) is 12.9. The van der Waals surface area contributed by atoms with Gasteiger partial charge < -0.3 is 15.3 Å². The third-order valence-corrected chi connectivity index (χ3v) is 7.11. The molecule has 104 valence electrons. The minimum absolute atomic E-state index is 0.157. The summed E-state index contributed by atoms with van der Waals surface area (Å²) in [5.74, 6) is 0.707. The van der Waals surface area contributed by atoms with Crippen LogP contribution in [0.5, 0.6) is 0 Å². The van der Waals surface area contributed by atoms with E-state index >= 15 is 0 Å². The zero-order valence-electron chi connectivity index (χ0n) is 11.8. The summed E-state index contributed by atoms with van der Waals surface area (Å²) in [5, 5.41) is 31.9. The average molecular weight is 254 g/mol. The summed E-state index contributed by atoms with van der Waals surface area (Å²) < 4.78 is 0. The van der Waals surface area contributed by atoms with Gasteiger partial charge in [-0.05, 0) is 36.0 Å². The van der Waals surface area contributed by atoms with Gasteiger partial charge in [-0.1, -0.05) is 27.7 Å². The monoisotopic (exact) mass is 254 g/mol. The second-order valence-electron chi connectivity index (χ2n) is 7.85. The number of hydrogen-bond donors (Lipinski definition) is 3. The molecule has 0 aliphatic heterocycles. The molecule has 0 aromatic carbocycles. The molecule has 7 atom stereocenters. The second-order valence-corrected chi connectivity index (χ2v) is 7.85. The van der Waals surface area contributed by atoms with E-state index in [0.29, 0.717) is 18.8 Å². The largest absolute Gasteiger partial charge is 0.393 e. The van der Waals surface area contributed by atoms with Crippen LogP contribution in [0.25, 0.3) is 0 Å². The normalized spacial score (nSPS) is 61.8. The molecule has 3 N–H and O–H groups in total. The molecule has 4 aliphatic rings. The SMILES string of the molecule is C[C@@H]1C2C[C@H]3[C@@H](O)C[C@@]2(C)[C@@](O)(C[C@H]1O)C3(C)C. The van der Waals surface area contributed by atoms with Gasteiger partial charge in [0.1, 0.15) is 0 Å². The molecule has 0 spiro atoms. The third-order valence-electron chi connectivity index (χ3n) is 7.11. The van der Waals surface area contributed by atoms with Gasteiger partial charge in [-0.15, -0.1) is 0 Å². The Balaban J connectivity index is 2.15. The molecule has 3 nitrogen and oxygen atoms in total. The summed E-state index contributed by atoms with van der Waals surface area (Å²) in [4.78, 5) is 0. The van der Waals surface area contributed by atoms with E-state index in [1.54, 1.807) is 0 Å². The van der Waals surface area contributed by atoms with Crippen molar-refractivity contribution in [3.63, 3.8) is 0 Å². The van der Waals surface area contributed by atoms with Crippen molar-refractivity contribution in [2.75, 3.05) is 0 Å². The van der Waals surface area contributed by atoms with Crippen LogP contribution in [-0.4, -0.2) is 33.1 Å². The van der Waals surface area contributed by atoms with Gasteiger partial charge >= 0.3 is 0 Å². The van der Waals surface area contributed by atoms with Gasteiger partial charge in [-0.2, -0.15) is 0 Å². The van der Waals surface area contributed by atoms with Gasteiger partial charge in [-0.25, -0.2) is 0 Å². The fourth-order valence-corrected chi connectivity index (χ4v) is 5.76. The van der Waals surface area contributed by atoms with Gasteiger partial charge in [0.05, 0.1) is 17.8 Å². The highest BCUT2D eigenvalue weighted by atomic mass is 16.3. The van der Waals surface area contributed by atoms with E-state index in [1.165, 1.54) is 0 Å². The molecule has 4 saturated carbocycles. The van der Waals surface area contributed by atoms with Crippen molar-refractivity contribution in [3.05, 3.63) is 0 Å². The Kier molecular flexibility index (Phi) is 2.37. The fourth-order valence-electron chi connectivity index (χ4n) is 5.76. The Morgan fingerprint density at radius 2 is 1.56 bits per heavy atom. The van der Waals surface area contributed by atoms with Crippen molar-refractivity contribution in [1.29, 1.82) is 0 Å². The Morgan fingerprint density at radius 1 is 0.944 bits per heavy atom. The summed E-state index contributed by atoms with van der Waals surface area (Å²) >= 11 is 0. The molecule has 4 rings (SSSR count). The average Bonchev–Trinajstić information content (AvgIpc) is 2.23. The maximum absolute atomic E-state index is 11.3. The zero-order chi connectivity index (χ0) is 13.5. The Morgan fingerprint density at radius 3 is 2.17 bits per heavy atom. The van der Waals surface area contributed by atoms with Crippen molar-refractivity contribution in [3.8, 4) is 0 Å². The van der Waals surface area contributed by atoms with Gasteiger partial charge in [0.2, 0.25) is 0 Å². The van der Waals surface area contributed by atoms with Crippen LogP contribution in [0.4, 0.5) is 0 Å². The minimum Gasteiger partial charge on any atom is -0.393 e. The highest BCUT2D eigenvalue weighted by Gasteiger charge is 2.73. The Bertz CT molecular complexity index is 380.